The highest BCUT2D eigenvalue weighted by atomic mass is 32.2. The van der Waals surface area contributed by atoms with Crippen LogP contribution < -0.4 is 5.32 Å². The van der Waals surface area contributed by atoms with Gasteiger partial charge < -0.3 is 5.32 Å². The first-order chi connectivity index (χ1) is 11.4. The summed E-state index contributed by atoms with van der Waals surface area (Å²) in [6.07, 6.45) is 0. The van der Waals surface area contributed by atoms with Crippen LogP contribution in [0.4, 0.5) is 10.1 Å². The minimum Gasteiger partial charge on any atom is -0.325 e. The van der Waals surface area contributed by atoms with Crippen LogP contribution in [-0.4, -0.2) is 21.6 Å². The molecule has 124 valence electrons. The number of rotatable bonds is 4. The first-order valence-corrected chi connectivity index (χ1v) is 9.17. The average Bonchev–Trinajstić information content (AvgIpc) is 2.79. The molecule has 1 amide bonds. The molecule has 1 N–H and O–H groups in total. The van der Waals surface area contributed by atoms with Crippen molar-refractivity contribution in [2.45, 2.75) is 25.8 Å². The number of benzene rings is 1. The van der Waals surface area contributed by atoms with E-state index < -0.39 is 0 Å². The van der Waals surface area contributed by atoms with E-state index in [-0.39, 0.29) is 17.5 Å². The molecule has 3 rings (SSSR count). The maximum Gasteiger partial charge on any atom is 0.234 e. The van der Waals surface area contributed by atoms with Gasteiger partial charge in [0.15, 0.2) is 0 Å². The number of thioether (sulfide) groups is 1. The molecule has 0 aliphatic rings. The number of halogens is 1. The molecule has 0 unspecified atom stereocenters. The number of nitrogens with one attached hydrogen (secondary N) is 1. The van der Waals surface area contributed by atoms with Gasteiger partial charge in [0.25, 0.3) is 0 Å². The monoisotopic (exact) mass is 361 g/mol. The number of hydrogen-bond donors (Lipinski definition) is 1. The standard InChI is InChI=1S/C17H16FN3OS2/c1-9-10(2)24-17-15(9)16(19-11(3)20-17)23-8-14(22)21-13-6-4-5-12(18)7-13/h4-7H,8H2,1-3H3,(H,21,22). The van der Waals surface area contributed by atoms with Crippen molar-refractivity contribution in [2.24, 2.45) is 0 Å². The van der Waals surface area contributed by atoms with Crippen LogP contribution in [0.1, 0.15) is 16.3 Å². The highest BCUT2D eigenvalue weighted by Gasteiger charge is 2.15. The summed E-state index contributed by atoms with van der Waals surface area (Å²) in [6, 6.07) is 5.85. The highest BCUT2D eigenvalue weighted by Crippen LogP contribution is 2.35. The lowest BCUT2D eigenvalue weighted by atomic mass is 10.2. The van der Waals surface area contributed by atoms with Gasteiger partial charge in [-0.1, -0.05) is 17.8 Å². The second-order valence-corrected chi connectivity index (χ2v) is 7.55. The number of thiophene rings is 1. The smallest absolute Gasteiger partial charge is 0.234 e. The fourth-order valence-electron chi connectivity index (χ4n) is 2.32. The number of hydrogen-bond acceptors (Lipinski definition) is 5. The average molecular weight is 361 g/mol. The van der Waals surface area contributed by atoms with Crippen LogP contribution >= 0.6 is 23.1 Å². The lowest BCUT2D eigenvalue weighted by Crippen LogP contribution is -2.14. The third-order valence-electron chi connectivity index (χ3n) is 3.56. The van der Waals surface area contributed by atoms with E-state index in [1.165, 1.54) is 28.8 Å². The maximum atomic E-state index is 13.2. The van der Waals surface area contributed by atoms with Crippen LogP contribution in [0.15, 0.2) is 29.3 Å². The van der Waals surface area contributed by atoms with Crippen LogP contribution in [0.2, 0.25) is 0 Å². The van der Waals surface area contributed by atoms with E-state index in [0.717, 1.165) is 20.8 Å². The molecule has 3 aromatic rings. The Balaban J connectivity index is 1.77. The largest absolute Gasteiger partial charge is 0.325 e. The van der Waals surface area contributed by atoms with E-state index in [0.29, 0.717) is 11.5 Å². The van der Waals surface area contributed by atoms with Crippen LogP contribution in [0.25, 0.3) is 10.2 Å². The lowest BCUT2D eigenvalue weighted by Gasteiger charge is -2.07. The number of carbonyl (C=O) groups is 1. The molecule has 2 aromatic heterocycles. The Bertz CT molecular complexity index is 924. The number of aromatic nitrogens is 2. The quantitative estimate of drug-likeness (QED) is 0.550. The molecule has 0 atom stereocenters. The summed E-state index contributed by atoms with van der Waals surface area (Å²) < 4.78 is 13.2. The fourth-order valence-corrected chi connectivity index (χ4v) is 4.39. The summed E-state index contributed by atoms with van der Waals surface area (Å²) in [4.78, 5) is 23.2. The molecule has 1 aromatic carbocycles. The molecule has 0 radical (unpaired) electrons. The molecule has 0 aliphatic carbocycles. The molecule has 0 aliphatic heterocycles. The molecule has 0 fully saturated rings. The van der Waals surface area contributed by atoms with Gasteiger partial charge in [-0.15, -0.1) is 11.3 Å². The third kappa shape index (κ3) is 3.57. The van der Waals surface area contributed by atoms with Crippen molar-refractivity contribution >= 4 is 44.9 Å². The van der Waals surface area contributed by atoms with E-state index in [1.807, 2.05) is 13.8 Å². The zero-order valence-corrected chi connectivity index (χ0v) is 15.1. The summed E-state index contributed by atoms with van der Waals surface area (Å²) in [5, 5.41) is 4.53. The van der Waals surface area contributed by atoms with Gasteiger partial charge in [-0.05, 0) is 44.5 Å². The predicted molar refractivity (Wildman–Crippen MR) is 97.4 cm³/mol. The molecule has 2 heterocycles. The topological polar surface area (TPSA) is 54.9 Å². The number of carbonyl (C=O) groups excluding carboxylic acids is 1. The van der Waals surface area contributed by atoms with Crippen LogP contribution in [0.3, 0.4) is 0 Å². The molecular formula is C17H16FN3OS2. The second-order valence-electron chi connectivity index (χ2n) is 5.39. The minimum absolute atomic E-state index is 0.195. The molecule has 7 heteroatoms. The minimum atomic E-state index is -0.377. The van der Waals surface area contributed by atoms with E-state index in [9.17, 15) is 9.18 Å². The molecule has 0 spiro atoms. The van der Waals surface area contributed by atoms with Crippen molar-refractivity contribution in [1.29, 1.82) is 0 Å². The van der Waals surface area contributed by atoms with E-state index in [1.54, 1.807) is 23.5 Å². The van der Waals surface area contributed by atoms with Gasteiger partial charge in [0.05, 0.1) is 5.75 Å². The molecule has 0 saturated heterocycles. The Morgan fingerprint density at radius 3 is 2.83 bits per heavy atom. The fraction of sp³-hybridized carbons (Fsp3) is 0.235. The molecule has 24 heavy (non-hydrogen) atoms. The Morgan fingerprint density at radius 1 is 1.29 bits per heavy atom. The van der Waals surface area contributed by atoms with Crippen LogP contribution in [0, 0.1) is 26.6 Å². The second kappa shape index (κ2) is 6.86. The summed E-state index contributed by atoms with van der Waals surface area (Å²) >= 11 is 3.01. The number of fused-ring (bicyclic) bond motifs is 1. The zero-order chi connectivity index (χ0) is 17.3. The van der Waals surface area contributed by atoms with Gasteiger partial charge in [0, 0.05) is 16.0 Å². The van der Waals surface area contributed by atoms with Crippen molar-refractivity contribution in [3.05, 3.63) is 46.3 Å². The Labute approximate surface area is 147 Å². The third-order valence-corrected chi connectivity index (χ3v) is 5.63. The normalized spacial score (nSPS) is 11.0. The molecule has 0 bridgehead atoms. The van der Waals surface area contributed by atoms with E-state index in [2.05, 4.69) is 22.2 Å². The van der Waals surface area contributed by atoms with Gasteiger partial charge in [0.2, 0.25) is 5.91 Å². The predicted octanol–water partition coefficient (Wildman–Crippen LogP) is 4.49. The zero-order valence-electron chi connectivity index (χ0n) is 13.5. The van der Waals surface area contributed by atoms with E-state index in [4.69, 9.17) is 0 Å². The Kier molecular flexibility index (Phi) is 4.82. The molecule has 4 nitrogen and oxygen atoms in total. The molecule has 0 saturated carbocycles. The van der Waals surface area contributed by atoms with Crippen molar-refractivity contribution < 1.29 is 9.18 Å². The summed E-state index contributed by atoms with van der Waals surface area (Å²) in [6.45, 7) is 5.95. The SMILES string of the molecule is Cc1nc(SCC(=O)Nc2cccc(F)c2)c2c(C)c(C)sc2n1. The Hall–Kier alpha value is -1.99. The first kappa shape index (κ1) is 16.9. The van der Waals surface area contributed by atoms with Crippen molar-refractivity contribution in [3.8, 4) is 0 Å². The lowest BCUT2D eigenvalue weighted by molar-refractivity contribution is -0.113. The van der Waals surface area contributed by atoms with E-state index >= 15 is 0 Å². The van der Waals surface area contributed by atoms with Crippen LogP contribution in [0.5, 0.6) is 0 Å². The summed E-state index contributed by atoms with van der Waals surface area (Å²) in [5.41, 5.74) is 1.61. The summed E-state index contributed by atoms with van der Waals surface area (Å²) in [7, 11) is 0. The first-order valence-electron chi connectivity index (χ1n) is 7.36. The number of aryl methyl sites for hydroxylation is 3. The van der Waals surface area contributed by atoms with Gasteiger partial charge in [0.1, 0.15) is 21.5 Å². The van der Waals surface area contributed by atoms with Gasteiger partial charge in [-0.3, -0.25) is 4.79 Å². The molecular weight excluding hydrogens is 345 g/mol. The Morgan fingerprint density at radius 2 is 2.08 bits per heavy atom. The van der Waals surface area contributed by atoms with Crippen molar-refractivity contribution in [3.63, 3.8) is 0 Å². The highest BCUT2D eigenvalue weighted by molar-refractivity contribution is 8.00. The van der Waals surface area contributed by atoms with Crippen molar-refractivity contribution in [1.82, 2.24) is 9.97 Å². The van der Waals surface area contributed by atoms with Gasteiger partial charge in [-0.25, -0.2) is 14.4 Å². The van der Waals surface area contributed by atoms with Crippen LogP contribution in [-0.2, 0) is 4.79 Å². The van der Waals surface area contributed by atoms with Gasteiger partial charge in [-0.2, -0.15) is 0 Å². The van der Waals surface area contributed by atoms with Gasteiger partial charge >= 0.3 is 0 Å². The number of nitrogens with zero attached hydrogens (tertiary/aromatic N) is 2. The number of amides is 1. The number of anilines is 1. The van der Waals surface area contributed by atoms with Crippen molar-refractivity contribution in [2.75, 3.05) is 11.1 Å². The summed E-state index contributed by atoms with van der Waals surface area (Å²) in [5.74, 6) is 0.325. The maximum absolute atomic E-state index is 13.2.